The molecule has 0 radical (unpaired) electrons. The van der Waals surface area contributed by atoms with Crippen LogP contribution in [0.15, 0.2) is 21.3 Å². The Labute approximate surface area is 224 Å². The fourth-order valence-corrected chi connectivity index (χ4v) is 5.91. The van der Waals surface area contributed by atoms with Gasteiger partial charge in [0.05, 0.1) is 11.0 Å². The van der Waals surface area contributed by atoms with E-state index in [1.165, 1.54) is 0 Å². The number of likely N-dealkylation sites (tertiary alicyclic amines) is 1. The van der Waals surface area contributed by atoms with Gasteiger partial charge in [0, 0.05) is 37.5 Å². The number of nitrogens with zero attached hydrogens (tertiary/aromatic N) is 1. The highest BCUT2D eigenvalue weighted by Crippen LogP contribution is 2.40. The van der Waals surface area contributed by atoms with Crippen molar-refractivity contribution in [3.05, 3.63) is 39.2 Å². The van der Waals surface area contributed by atoms with Gasteiger partial charge in [-0.15, -0.1) is 0 Å². The summed E-state index contributed by atoms with van der Waals surface area (Å²) in [4.78, 5) is 39.4. The number of amides is 2. The summed E-state index contributed by atoms with van der Waals surface area (Å²) in [5.74, 6) is 0.707. The number of aryl methyl sites for hydroxylation is 2. The third-order valence-corrected chi connectivity index (χ3v) is 8.48. The highest BCUT2D eigenvalue weighted by atomic mass is 16.5. The standard InChI is InChI=1S/C30H42N2O6/c1-19-16-24(27-20(2)21(3)29(35)38-25(27)17-19)37-22(4)28(34)31-14-9-5-6-11-26(33)32-15-13-30(36)12-8-7-10-23(30)18-32/h16-17,22-23,36H,5-15,18H2,1-4H3,(H,31,34)/t22-,23+,30-/m0/s1. The molecule has 2 N–H and O–H groups in total. The zero-order valence-electron chi connectivity index (χ0n) is 23.2. The van der Waals surface area contributed by atoms with Crippen LogP contribution in [0.4, 0.5) is 0 Å². The number of fused-ring (bicyclic) bond motifs is 2. The van der Waals surface area contributed by atoms with Crippen LogP contribution in [0.25, 0.3) is 11.0 Å². The molecule has 8 nitrogen and oxygen atoms in total. The molecule has 0 unspecified atom stereocenters. The number of hydrogen-bond acceptors (Lipinski definition) is 6. The first-order valence-corrected chi connectivity index (χ1v) is 14.1. The van der Waals surface area contributed by atoms with E-state index < -0.39 is 11.7 Å². The molecule has 2 fully saturated rings. The van der Waals surface area contributed by atoms with Crippen LogP contribution in [-0.2, 0) is 9.59 Å². The van der Waals surface area contributed by atoms with Gasteiger partial charge in [0.1, 0.15) is 11.3 Å². The van der Waals surface area contributed by atoms with Gasteiger partial charge in [-0.1, -0.05) is 19.3 Å². The average Bonchev–Trinajstić information content (AvgIpc) is 2.88. The zero-order valence-corrected chi connectivity index (χ0v) is 23.2. The lowest BCUT2D eigenvalue weighted by Gasteiger charge is -2.47. The van der Waals surface area contributed by atoms with E-state index in [9.17, 15) is 19.5 Å². The number of ether oxygens (including phenoxy) is 1. The van der Waals surface area contributed by atoms with Crippen LogP contribution in [0, 0.1) is 26.7 Å². The molecule has 1 aromatic heterocycles. The third kappa shape index (κ3) is 6.22. The summed E-state index contributed by atoms with van der Waals surface area (Å²) >= 11 is 0. The van der Waals surface area contributed by atoms with E-state index in [0.29, 0.717) is 54.8 Å². The minimum atomic E-state index is -0.717. The minimum Gasteiger partial charge on any atom is -0.480 e. The van der Waals surface area contributed by atoms with E-state index in [1.54, 1.807) is 19.9 Å². The number of benzene rings is 1. The van der Waals surface area contributed by atoms with Crippen LogP contribution in [0.2, 0.25) is 0 Å². The van der Waals surface area contributed by atoms with Crippen molar-refractivity contribution >= 4 is 22.8 Å². The lowest BCUT2D eigenvalue weighted by molar-refractivity contribution is -0.143. The smallest absolute Gasteiger partial charge is 0.339 e. The number of unbranched alkanes of at least 4 members (excludes halogenated alkanes) is 2. The molecule has 2 amide bonds. The first-order chi connectivity index (χ1) is 18.1. The van der Waals surface area contributed by atoms with Crippen molar-refractivity contribution in [3.63, 3.8) is 0 Å². The summed E-state index contributed by atoms with van der Waals surface area (Å²) in [6.07, 6.45) is 7.01. The molecular weight excluding hydrogens is 484 g/mol. The van der Waals surface area contributed by atoms with Gasteiger partial charge >= 0.3 is 5.63 Å². The van der Waals surface area contributed by atoms with E-state index in [4.69, 9.17) is 9.15 Å². The molecule has 1 aromatic carbocycles. The first-order valence-electron chi connectivity index (χ1n) is 14.1. The number of piperidine rings is 1. The Morgan fingerprint density at radius 3 is 2.74 bits per heavy atom. The van der Waals surface area contributed by atoms with Gasteiger partial charge in [-0.2, -0.15) is 0 Å². The van der Waals surface area contributed by atoms with E-state index in [-0.39, 0.29) is 23.4 Å². The Morgan fingerprint density at radius 1 is 1.16 bits per heavy atom. The molecular formula is C30H42N2O6. The number of hydrogen-bond donors (Lipinski definition) is 2. The number of carbonyl (C=O) groups is 2. The normalized spacial score (nSPS) is 22.1. The van der Waals surface area contributed by atoms with Gasteiger partial charge in [-0.25, -0.2) is 4.79 Å². The minimum absolute atomic E-state index is 0.176. The summed E-state index contributed by atoms with van der Waals surface area (Å²) < 4.78 is 11.5. The van der Waals surface area contributed by atoms with Gasteiger partial charge in [-0.05, 0) is 83.1 Å². The van der Waals surface area contributed by atoms with Gasteiger partial charge in [0.15, 0.2) is 6.10 Å². The lowest BCUT2D eigenvalue weighted by atomic mass is 9.71. The van der Waals surface area contributed by atoms with Crippen LogP contribution in [0.1, 0.15) is 81.4 Å². The second-order valence-corrected chi connectivity index (χ2v) is 11.3. The topological polar surface area (TPSA) is 109 Å². The molecule has 2 aliphatic rings. The van der Waals surface area contributed by atoms with Crippen molar-refractivity contribution in [1.82, 2.24) is 10.2 Å². The molecule has 3 atom stereocenters. The zero-order chi connectivity index (χ0) is 27.4. The maximum absolute atomic E-state index is 12.7. The third-order valence-electron chi connectivity index (χ3n) is 8.48. The predicted octanol–water partition coefficient (Wildman–Crippen LogP) is 4.32. The predicted molar refractivity (Wildman–Crippen MR) is 146 cm³/mol. The van der Waals surface area contributed by atoms with Crippen LogP contribution in [0.5, 0.6) is 5.75 Å². The molecule has 1 saturated heterocycles. The summed E-state index contributed by atoms with van der Waals surface area (Å²) in [6, 6.07) is 3.65. The number of aliphatic hydroxyl groups is 1. The molecule has 0 bridgehead atoms. The first kappa shape index (κ1) is 28.1. The highest BCUT2D eigenvalue weighted by Gasteiger charge is 2.43. The average molecular weight is 527 g/mol. The summed E-state index contributed by atoms with van der Waals surface area (Å²) in [7, 11) is 0. The van der Waals surface area contributed by atoms with Crippen LogP contribution >= 0.6 is 0 Å². The van der Waals surface area contributed by atoms with Crippen molar-refractivity contribution in [1.29, 1.82) is 0 Å². The Morgan fingerprint density at radius 2 is 1.95 bits per heavy atom. The lowest BCUT2D eigenvalue weighted by Crippen LogP contribution is -2.54. The maximum atomic E-state index is 12.7. The van der Waals surface area contributed by atoms with E-state index >= 15 is 0 Å². The highest BCUT2D eigenvalue weighted by molar-refractivity contribution is 5.89. The molecule has 8 heteroatoms. The number of carbonyl (C=O) groups excluding carboxylic acids is 2. The monoisotopic (exact) mass is 526 g/mol. The molecule has 2 aromatic rings. The van der Waals surface area contributed by atoms with Crippen molar-refractivity contribution in [2.45, 2.75) is 97.2 Å². The van der Waals surface area contributed by atoms with E-state index in [0.717, 1.165) is 56.1 Å². The second-order valence-electron chi connectivity index (χ2n) is 11.3. The number of rotatable bonds is 9. The molecule has 208 valence electrons. The summed E-state index contributed by atoms with van der Waals surface area (Å²) in [5.41, 5.74) is 1.71. The molecule has 2 heterocycles. The fourth-order valence-electron chi connectivity index (χ4n) is 5.91. The number of nitrogens with one attached hydrogen (secondary N) is 1. The quantitative estimate of drug-likeness (QED) is 0.372. The second kappa shape index (κ2) is 11.9. The van der Waals surface area contributed by atoms with Crippen molar-refractivity contribution < 1.29 is 23.8 Å². The molecule has 4 rings (SSSR count). The van der Waals surface area contributed by atoms with Crippen molar-refractivity contribution in [2.24, 2.45) is 5.92 Å². The SMILES string of the molecule is Cc1cc(O[C@@H](C)C(=O)NCCCCCC(=O)N2CC[C@@]3(O)CCCC[C@@H]3C2)c2c(C)c(C)c(=O)oc2c1. The Kier molecular flexibility index (Phi) is 8.81. The fraction of sp³-hybridized carbons (Fsp3) is 0.633. The van der Waals surface area contributed by atoms with Crippen molar-refractivity contribution in [2.75, 3.05) is 19.6 Å². The maximum Gasteiger partial charge on any atom is 0.339 e. The Balaban J connectivity index is 1.19. The molecule has 0 spiro atoms. The summed E-state index contributed by atoms with van der Waals surface area (Å²) in [6.45, 7) is 9.02. The Hall–Kier alpha value is -2.87. The molecule has 1 saturated carbocycles. The van der Waals surface area contributed by atoms with Gasteiger partial charge in [0.25, 0.3) is 5.91 Å². The van der Waals surface area contributed by atoms with Gasteiger partial charge < -0.3 is 24.5 Å². The molecule has 1 aliphatic heterocycles. The van der Waals surface area contributed by atoms with Crippen LogP contribution in [-0.4, -0.2) is 53.2 Å². The van der Waals surface area contributed by atoms with E-state index in [2.05, 4.69) is 5.32 Å². The summed E-state index contributed by atoms with van der Waals surface area (Å²) in [5, 5.41) is 14.5. The van der Waals surface area contributed by atoms with E-state index in [1.807, 2.05) is 24.8 Å². The van der Waals surface area contributed by atoms with Gasteiger partial charge in [0.2, 0.25) is 5.91 Å². The van der Waals surface area contributed by atoms with Crippen molar-refractivity contribution in [3.8, 4) is 5.75 Å². The Bertz CT molecular complexity index is 1240. The van der Waals surface area contributed by atoms with Crippen LogP contribution < -0.4 is 15.7 Å². The molecule has 38 heavy (non-hydrogen) atoms. The van der Waals surface area contributed by atoms with Crippen LogP contribution in [0.3, 0.4) is 0 Å². The van der Waals surface area contributed by atoms with Gasteiger partial charge in [-0.3, -0.25) is 9.59 Å². The molecule has 1 aliphatic carbocycles. The largest absolute Gasteiger partial charge is 0.480 e.